The van der Waals surface area contributed by atoms with Crippen molar-refractivity contribution in [3.05, 3.63) is 70.5 Å². The van der Waals surface area contributed by atoms with Gasteiger partial charge in [-0.2, -0.15) is 5.10 Å². The molecule has 1 aromatic heterocycles. The molecular weight excluding hydrogens is 360 g/mol. The van der Waals surface area contributed by atoms with Gasteiger partial charge in [0.05, 0.1) is 11.1 Å². The van der Waals surface area contributed by atoms with Crippen molar-refractivity contribution in [3.8, 4) is 11.3 Å². The highest BCUT2D eigenvalue weighted by Crippen LogP contribution is 2.26. The van der Waals surface area contributed by atoms with Crippen molar-refractivity contribution < 1.29 is 0 Å². The summed E-state index contributed by atoms with van der Waals surface area (Å²) >= 11 is 0. The largest absolute Gasteiger partial charge is 0.385 e. The third-order valence-corrected chi connectivity index (χ3v) is 4.85. The molecule has 1 heterocycles. The zero-order chi connectivity index (χ0) is 20.5. The summed E-state index contributed by atoms with van der Waals surface area (Å²) in [5.41, 5.74) is 4.06. The molecule has 0 aliphatic heterocycles. The van der Waals surface area contributed by atoms with Crippen molar-refractivity contribution in [3.63, 3.8) is 0 Å². The first-order chi connectivity index (χ1) is 14.1. The molecule has 0 spiro atoms. The molecular formula is C24H30N4O. The first-order valence-corrected chi connectivity index (χ1v) is 10.3. The Morgan fingerprint density at radius 2 is 1.79 bits per heavy atom. The number of hydrogen-bond acceptors (Lipinski definition) is 4. The number of rotatable bonds is 10. The summed E-state index contributed by atoms with van der Waals surface area (Å²) in [6, 6.07) is 15.8. The van der Waals surface area contributed by atoms with E-state index in [4.69, 9.17) is 0 Å². The van der Waals surface area contributed by atoms with E-state index < -0.39 is 0 Å². The number of aromatic amines is 1. The molecule has 3 aromatic rings. The summed E-state index contributed by atoms with van der Waals surface area (Å²) < 4.78 is 0. The molecule has 152 valence electrons. The van der Waals surface area contributed by atoms with Crippen molar-refractivity contribution in [1.82, 2.24) is 15.5 Å². The highest BCUT2D eigenvalue weighted by Gasteiger charge is 2.08. The second-order valence-electron chi connectivity index (χ2n) is 7.50. The molecule has 0 radical (unpaired) electrons. The number of unbranched alkanes of at least 4 members (excludes halogenated alkanes) is 2. The lowest BCUT2D eigenvalue weighted by atomic mass is 10.0. The molecule has 3 rings (SSSR count). The van der Waals surface area contributed by atoms with Crippen molar-refractivity contribution >= 4 is 16.5 Å². The van der Waals surface area contributed by atoms with Crippen LogP contribution in [0.3, 0.4) is 0 Å². The van der Waals surface area contributed by atoms with E-state index in [0.717, 1.165) is 48.4 Å². The number of allylic oxidation sites excluding steroid dienone is 1. The Hall–Kier alpha value is -2.92. The van der Waals surface area contributed by atoms with Gasteiger partial charge in [-0.05, 0) is 51.4 Å². The Bertz CT molecular complexity index is 1020. The van der Waals surface area contributed by atoms with Gasteiger partial charge in [-0.25, -0.2) is 5.10 Å². The average molecular weight is 391 g/mol. The van der Waals surface area contributed by atoms with Gasteiger partial charge in [0, 0.05) is 29.7 Å². The molecule has 3 N–H and O–H groups in total. The quantitative estimate of drug-likeness (QED) is 0.346. The van der Waals surface area contributed by atoms with Crippen molar-refractivity contribution in [2.24, 2.45) is 0 Å². The summed E-state index contributed by atoms with van der Waals surface area (Å²) in [5.74, 6) is 0. The smallest absolute Gasteiger partial charge is 0.272 e. The van der Waals surface area contributed by atoms with Crippen LogP contribution in [0.2, 0.25) is 0 Å². The third kappa shape index (κ3) is 6.03. The van der Waals surface area contributed by atoms with Crippen LogP contribution in [0.1, 0.15) is 33.1 Å². The molecule has 0 amide bonds. The van der Waals surface area contributed by atoms with Crippen molar-refractivity contribution in [1.29, 1.82) is 0 Å². The molecule has 29 heavy (non-hydrogen) atoms. The molecule has 0 unspecified atom stereocenters. The summed E-state index contributed by atoms with van der Waals surface area (Å²) in [4.78, 5) is 12.0. The lowest BCUT2D eigenvalue weighted by Crippen LogP contribution is -2.15. The predicted octanol–water partition coefficient (Wildman–Crippen LogP) is 4.73. The Morgan fingerprint density at radius 1 is 1.00 bits per heavy atom. The maximum absolute atomic E-state index is 12.0. The highest BCUT2D eigenvalue weighted by atomic mass is 16.1. The molecule has 5 heteroatoms. The predicted molar refractivity (Wildman–Crippen MR) is 122 cm³/mol. The summed E-state index contributed by atoms with van der Waals surface area (Å²) in [5, 5.41) is 15.4. The minimum atomic E-state index is -0.158. The first kappa shape index (κ1) is 20.8. The third-order valence-electron chi connectivity index (χ3n) is 4.85. The van der Waals surface area contributed by atoms with Gasteiger partial charge in [0.2, 0.25) is 0 Å². The Morgan fingerprint density at radius 3 is 2.62 bits per heavy atom. The number of benzene rings is 2. The second-order valence-corrected chi connectivity index (χ2v) is 7.50. The average Bonchev–Trinajstić information content (AvgIpc) is 2.73. The fourth-order valence-electron chi connectivity index (χ4n) is 3.27. The number of nitrogens with zero attached hydrogens (tertiary/aromatic N) is 1. The van der Waals surface area contributed by atoms with Crippen LogP contribution in [-0.4, -0.2) is 29.8 Å². The maximum atomic E-state index is 12.0. The van der Waals surface area contributed by atoms with Gasteiger partial charge in [0.15, 0.2) is 0 Å². The minimum Gasteiger partial charge on any atom is -0.385 e. The molecule has 0 saturated carbocycles. The van der Waals surface area contributed by atoms with Gasteiger partial charge in [-0.3, -0.25) is 4.79 Å². The fraction of sp³-hybridized carbons (Fsp3) is 0.333. The van der Waals surface area contributed by atoms with Gasteiger partial charge in [-0.1, -0.05) is 48.4 Å². The van der Waals surface area contributed by atoms with E-state index in [1.54, 1.807) is 0 Å². The Labute approximate surface area is 172 Å². The topological polar surface area (TPSA) is 69.8 Å². The van der Waals surface area contributed by atoms with E-state index in [1.807, 2.05) is 36.4 Å². The Balaban J connectivity index is 1.53. The van der Waals surface area contributed by atoms with Gasteiger partial charge >= 0.3 is 0 Å². The van der Waals surface area contributed by atoms with Crippen LogP contribution in [-0.2, 0) is 0 Å². The molecule has 0 aliphatic rings. The van der Waals surface area contributed by atoms with Gasteiger partial charge < -0.3 is 10.6 Å². The standard InChI is InChI=1S/C24H30N4O/c1-18(2)13-16-25-14-6-3-7-15-26-20-10-8-9-19(17-20)23-21-11-4-5-12-22(21)24(29)28-27-23/h4-5,8-13,17,25-26H,3,6-7,14-16H2,1-2H3,(H,28,29). The molecule has 0 saturated heterocycles. The molecule has 0 aliphatic carbocycles. The molecule has 0 fully saturated rings. The summed E-state index contributed by atoms with van der Waals surface area (Å²) in [6.45, 7) is 7.21. The van der Waals surface area contributed by atoms with Crippen LogP contribution in [0.25, 0.3) is 22.0 Å². The van der Waals surface area contributed by atoms with Crippen LogP contribution in [0, 0.1) is 0 Å². The van der Waals surface area contributed by atoms with Crippen molar-refractivity contribution in [2.75, 3.05) is 25.0 Å². The number of fused-ring (bicyclic) bond motifs is 1. The Kier molecular flexibility index (Phi) is 7.59. The highest BCUT2D eigenvalue weighted by molar-refractivity contribution is 5.94. The summed E-state index contributed by atoms with van der Waals surface area (Å²) in [6.07, 6.45) is 5.73. The molecule has 0 bridgehead atoms. The number of anilines is 1. The van der Waals surface area contributed by atoms with Crippen LogP contribution in [0.5, 0.6) is 0 Å². The first-order valence-electron chi connectivity index (χ1n) is 10.3. The van der Waals surface area contributed by atoms with Crippen LogP contribution in [0.4, 0.5) is 5.69 Å². The lowest BCUT2D eigenvalue weighted by molar-refractivity contribution is 0.637. The van der Waals surface area contributed by atoms with E-state index in [-0.39, 0.29) is 5.56 Å². The van der Waals surface area contributed by atoms with Gasteiger partial charge in [-0.15, -0.1) is 0 Å². The van der Waals surface area contributed by atoms with Crippen LogP contribution >= 0.6 is 0 Å². The van der Waals surface area contributed by atoms with E-state index in [1.165, 1.54) is 18.4 Å². The maximum Gasteiger partial charge on any atom is 0.272 e. The number of hydrogen-bond donors (Lipinski definition) is 3. The minimum absolute atomic E-state index is 0.158. The van der Waals surface area contributed by atoms with Crippen LogP contribution in [0.15, 0.2) is 65.0 Å². The monoisotopic (exact) mass is 390 g/mol. The van der Waals surface area contributed by atoms with E-state index in [9.17, 15) is 4.79 Å². The van der Waals surface area contributed by atoms with Gasteiger partial charge in [0.25, 0.3) is 5.56 Å². The molecule has 2 aromatic carbocycles. The second kappa shape index (κ2) is 10.6. The van der Waals surface area contributed by atoms with Crippen molar-refractivity contribution in [2.45, 2.75) is 33.1 Å². The lowest BCUT2D eigenvalue weighted by Gasteiger charge is -2.10. The fourth-order valence-corrected chi connectivity index (χ4v) is 3.27. The number of nitrogens with one attached hydrogen (secondary N) is 3. The normalized spacial score (nSPS) is 10.8. The number of H-pyrrole nitrogens is 1. The molecule has 0 atom stereocenters. The van der Waals surface area contributed by atoms with Crippen LogP contribution < -0.4 is 16.2 Å². The zero-order valence-electron chi connectivity index (χ0n) is 17.3. The number of aromatic nitrogens is 2. The zero-order valence-corrected chi connectivity index (χ0v) is 17.3. The van der Waals surface area contributed by atoms with E-state index in [0.29, 0.717) is 5.39 Å². The van der Waals surface area contributed by atoms with Gasteiger partial charge in [0.1, 0.15) is 0 Å². The SMILES string of the molecule is CC(C)=CCNCCCCCNc1cccc(-c2n[nH]c(=O)c3ccccc23)c1. The van der Waals surface area contributed by atoms with E-state index in [2.05, 4.69) is 52.9 Å². The van der Waals surface area contributed by atoms with E-state index >= 15 is 0 Å². The molecule has 5 nitrogen and oxygen atoms in total. The summed E-state index contributed by atoms with van der Waals surface area (Å²) in [7, 11) is 0.